The average molecular weight is 246 g/mol. The molecule has 1 aliphatic rings. The van der Waals surface area contributed by atoms with E-state index in [9.17, 15) is 4.79 Å². The summed E-state index contributed by atoms with van der Waals surface area (Å²) in [5.41, 5.74) is 4.10. The highest BCUT2D eigenvalue weighted by Crippen LogP contribution is 2.23. The van der Waals surface area contributed by atoms with Crippen LogP contribution in [0.1, 0.15) is 59.8 Å². The van der Waals surface area contributed by atoms with E-state index in [0.29, 0.717) is 5.78 Å². The quantitative estimate of drug-likeness (QED) is 0.595. The van der Waals surface area contributed by atoms with E-state index in [0.717, 1.165) is 32.1 Å². The summed E-state index contributed by atoms with van der Waals surface area (Å²) in [5, 5.41) is 0. The average Bonchev–Trinajstić information content (AvgIpc) is 2.27. The number of Topliss-reactive ketones (excluding diaryl/α,β-unsaturated/α-hetero) is 1. The summed E-state index contributed by atoms with van der Waals surface area (Å²) in [6, 6.07) is 0. The lowest BCUT2D eigenvalue weighted by Crippen LogP contribution is -2.12. The molecule has 0 fully saturated rings. The molecule has 0 saturated heterocycles. The fraction of sp³-hybridized carbons (Fsp3) is 0.588. The Morgan fingerprint density at radius 2 is 1.72 bits per heavy atom. The third-order valence-electron chi connectivity index (χ3n) is 3.81. The summed E-state index contributed by atoms with van der Waals surface area (Å²) in [6.45, 7) is 8.19. The molecule has 0 spiro atoms. The van der Waals surface area contributed by atoms with E-state index < -0.39 is 0 Å². The lowest BCUT2D eigenvalue weighted by Gasteiger charge is -2.15. The predicted molar refractivity (Wildman–Crippen MR) is 78.5 cm³/mol. The fourth-order valence-electron chi connectivity index (χ4n) is 2.46. The molecule has 1 aliphatic carbocycles. The first-order valence-corrected chi connectivity index (χ1v) is 6.99. The largest absolute Gasteiger partial charge is 0.299 e. The van der Waals surface area contributed by atoms with Crippen LogP contribution in [0.5, 0.6) is 0 Å². The minimum atomic E-state index is 0.112. The van der Waals surface area contributed by atoms with E-state index in [2.05, 4.69) is 39.0 Å². The summed E-state index contributed by atoms with van der Waals surface area (Å²) >= 11 is 0. The topological polar surface area (TPSA) is 17.1 Å². The van der Waals surface area contributed by atoms with Crippen LogP contribution >= 0.6 is 0 Å². The van der Waals surface area contributed by atoms with E-state index >= 15 is 0 Å². The standard InChI is InChI=1S/C17H26O/c1-13-7-5-8-14(2)11-12-17(16(4)18)15(3)10-6-9-13/h8-10,17H,5-7,11-12H2,1-4H3/b13-9+,14-8+,15-10?. The number of hydrogen-bond acceptors (Lipinski definition) is 1. The summed E-state index contributed by atoms with van der Waals surface area (Å²) in [7, 11) is 0. The Morgan fingerprint density at radius 1 is 1.06 bits per heavy atom. The van der Waals surface area contributed by atoms with Gasteiger partial charge in [0.25, 0.3) is 0 Å². The first-order chi connectivity index (χ1) is 8.50. The minimum absolute atomic E-state index is 0.112. The maximum atomic E-state index is 11.7. The summed E-state index contributed by atoms with van der Waals surface area (Å²) in [4.78, 5) is 11.7. The van der Waals surface area contributed by atoms with Gasteiger partial charge in [-0.25, -0.2) is 0 Å². The molecule has 1 rings (SSSR count). The Morgan fingerprint density at radius 3 is 2.39 bits per heavy atom. The van der Waals surface area contributed by atoms with E-state index in [1.54, 1.807) is 6.92 Å². The summed E-state index contributed by atoms with van der Waals surface area (Å²) < 4.78 is 0. The number of allylic oxidation sites excluding steroid dienone is 6. The molecule has 0 aromatic carbocycles. The van der Waals surface area contributed by atoms with Gasteiger partial charge in [-0.15, -0.1) is 0 Å². The van der Waals surface area contributed by atoms with Crippen molar-refractivity contribution in [1.82, 2.24) is 0 Å². The molecule has 0 aromatic rings. The van der Waals surface area contributed by atoms with Crippen molar-refractivity contribution >= 4 is 5.78 Å². The highest BCUT2D eigenvalue weighted by molar-refractivity contribution is 5.81. The Bertz CT molecular complexity index is 382. The lowest BCUT2D eigenvalue weighted by molar-refractivity contribution is -0.119. The number of rotatable bonds is 1. The second kappa shape index (κ2) is 7.35. The molecule has 1 heteroatoms. The predicted octanol–water partition coefficient (Wildman–Crippen LogP) is 4.99. The Labute approximate surface area is 112 Å². The van der Waals surface area contributed by atoms with Crippen LogP contribution in [0.4, 0.5) is 0 Å². The molecule has 0 N–H and O–H groups in total. The van der Waals surface area contributed by atoms with Crippen LogP contribution in [0.3, 0.4) is 0 Å². The Hall–Kier alpha value is -1.11. The van der Waals surface area contributed by atoms with Gasteiger partial charge in [-0.05, 0) is 59.8 Å². The van der Waals surface area contributed by atoms with Gasteiger partial charge in [-0.2, -0.15) is 0 Å². The normalized spacial score (nSPS) is 28.9. The van der Waals surface area contributed by atoms with E-state index in [1.807, 2.05) is 0 Å². The molecule has 0 saturated carbocycles. The van der Waals surface area contributed by atoms with Gasteiger partial charge in [0.15, 0.2) is 0 Å². The zero-order chi connectivity index (χ0) is 13.5. The number of carbonyl (C=O) groups is 1. The van der Waals surface area contributed by atoms with Crippen LogP contribution in [0.25, 0.3) is 0 Å². The lowest BCUT2D eigenvalue weighted by atomic mass is 9.89. The zero-order valence-corrected chi connectivity index (χ0v) is 12.3. The summed E-state index contributed by atoms with van der Waals surface area (Å²) in [5.74, 6) is 0.413. The van der Waals surface area contributed by atoms with Crippen molar-refractivity contribution < 1.29 is 4.79 Å². The molecule has 0 bridgehead atoms. The monoisotopic (exact) mass is 246 g/mol. The van der Waals surface area contributed by atoms with E-state index in [4.69, 9.17) is 0 Å². The molecule has 1 nitrogen and oxygen atoms in total. The van der Waals surface area contributed by atoms with Gasteiger partial charge in [0.1, 0.15) is 5.78 Å². The van der Waals surface area contributed by atoms with Crippen molar-refractivity contribution in [2.24, 2.45) is 5.92 Å². The van der Waals surface area contributed by atoms with Gasteiger partial charge in [0.2, 0.25) is 0 Å². The van der Waals surface area contributed by atoms with Gasteiger partial charge in [0, 0.05) is 5.92 Å². The van der Waals surface area contributed by atoms with Crippen molar-refractivity contribution in [1.29, 1.82) is 0 Å². The molecule has 1 atom stereocenters. The van der Waals surface area contributed by atoms with Crippen molar-refractivity contribution in [3.05, 3.63) is 34.9 Å². The fourth-order valence-corrected chi connectivity index (χ4v) is 2.46. The highest BCUT2D eigenvalue weighted by atomic mass is 16.1. The van der Waals surface area contributed by atoms with Crippen molar-refractivity contribution in [2.75, 3.05) is 0 Å². The SMILES string of the molecule is CC(=O)C1CC/C(C)=C/CC/C(C)=C/CC=C1C. The molecular weight excluding hydrogens is 220 g/mol. The molecule has 0 heterocycles. The van der Waals surface area contributed by atoms with Crippen LogP contribution < -0.4 is 0 Å². The van der Waals surface area contributed by atoms with Crippen LogP contribution in [0.2, 0.25) is 0 Å². The molecule has 0 aliphatic heterocycles. The van der Waals surface area contributed by atoms with Gasteiger partial charge in [0.05, 0.1) is 0 Å². The molecule has 0 radical (unpaired) electrons. The smallest absolute Gasteiger partial charge is 0.136 e. The van der Waals surface area contributed by atoms with Crippen LogP contribution in [0, 0.1) is 5.92 Å². The number of hydrogen-bond donors (Lipinski definition) is 0. The number of carbonyl (C=O) groups excluding carboxylic acids is 1. The third kappa shape index (κ3) is 5.03. The van der Waals surface area contributed by atoms with Crippen LogP contribution in [-0.4, -0.2) is 5.78 Å². The van der Waals surface area contributed by atoms with Gasteiger partial charge in [-0.3, -0.25) is 4.79 Å². The minimum Gasteiger partial charge on any atom is -0.299 e. The molecule has 1 unspecified atom stereocenters. The van der Waals surface area contributed by atoms with Crippen LogP contribution in [-0.2, 0) is 4.79 Å². The maximum Gasteiger partial charge on any atom is 0.136 e. The van der Waals surface area contributed by atoms with Crippen molar-refractivity contribution in [2.45, 2.75) is 59.8 Å². The first-order valence-electron chi connectivity index (χ1n) is 6.99. The molecule has 18 heavy (non-hydrogen) atoms. The van der Waals surface area contributed by atoms with Crippen LogP contribution in [0.15, 0.2) is 34.9 Å². The molecule has 100 valence electrons. The maximum absolute atomic E-state index is 11.7. The van der Waals surface area contributed by atoms with Gasteiger partial charge in [-0.1, -0.05) is 34.9 Å². The zero-order valence-electron chi connectivity index (χ0n) is 12.3. The first kappa shape index (κ1) is 14.9. The van der Waals surface area contributed by atoms with Crippen molar-refractivity contribution in [3.63, 3.8) is 0 Å². The molecule has 0 aromatic heterocycles. The second-order valence-corrected chi connectivity index (χ2v) is 5.53. The summed E-state index contributed by atoms with van der Waals surface area (Å²) in [6.07, 6.45) is 12.1. The third-order valence-corrected chi connectivity index (χ3v) is 3.81. The van der Waals surface area contributed by atoms with Crippen molar-refractivity contribution in [3.8, 4) is 0 Å². The van der Waals surface area contributed by atoms with E-state index in [1.165, 1.54) is 16.7 Å². The second-order valence-electron chi connectivity index (χ2n) is 5.53. The van der Waals surface area contributed by atoms with Gasteiger partial charge >= 0.3 is 0 Å². The van der Waals surface area contributed by atoms with E-state index in [-0.39, 0.29) is 5.92 Å². The highest BCUT2D eigenvalue weighted by Gasteiger charge is 2.15. The molecular formula is C17H26O. The Kier molecular flexibility index (Phi) is 6.11. The number of ketones is 1. The van der Waals surface area contributed by atoms with Gasteiger partial charge < -0.3 is 0 Å². The Balaban J connectivity index is 2.89. The molecule has 0 amide bonds.